The second-order valence-electron chi connectivity index (χ2n) is 3.45. The van der Waals surface area contributed by atoms with Gasteiger partial charge in [-0.1, -0.05) is 13.8 Å². The predicted molar refractivity (Wildman–Crippen MR) is 53.4 cm³/mol. The molecule has 0 aliphatic carbocycles. The Morgan fingerprint density at radius 3 is 2.07 bits per heavy atom. The summed E-state index contributed by atoms with van der Waals surface area (Å²) in [6.07, 6.45) is 0. The van der Waals surface area contributed by atoms with Crippen molar-refractivity contribution in [3.8, 4) is 11.5 Å². The number of carbonyl (C=O) groups excluding carboxylic acids is 1. The summed E-state index contributed by atoms with van der Waals surface area (Å²) in [4.78, 5) is 11.5. The van der Waals surface area contributed by atoms with E-state index in [-0.39, 0.29) is 34.5 Å². The van der Waals surface area contributed by atoms with Crippen molar-refractivity contribution in [1.82, 2.24) is 0 Å². The standard InChI is InChI=1S/C10H13NO3/c1-5(2)10(14)6-3-7(12)9(11)8(13)4-6/h3-5,12-13H,11H2,1-2H3. The Kier molecular flexibility index (Phi) is 2.65. The van der Waals surface area contributed by atoms with Crippen molar-refractivity contribution in [1.29, 1.82) is 0 Å². The van der Waals surface area contributed by atoms with Gasteiger partial charge in [0.1, 0.15) is 17.2 Å². The number of aromatic hydroxyl groups is 2. The molecule has 0 aliphatic heterocycles. The van der Waals surface area contributed by atoms with Crippen LogP contribution in [0, 0.1) is 5.92 Å². The molecule has 0 radical (unpaired) electrons. The third-order valence-electron chi connectivity index (χ3n) is 1.95. The van der Waals surface area contributed by atoms with Crippen molar-refractivity contribution in [3.63, 3.8) is 0 Å². The molecule has 76 valence electrons. The lowest BCUT2D eigenvalue weighted by Crippen LogP contribution is -2.07. The van der Waals surface area contributed by atoms with Gasteiger partial charge < -0.3 is 15.9 Å². The minimum Gasteiger partial charge on any atom is -0.506 e. The SMILES string of the molecule is CC(C)C(=O)c1cc(O)c(N)c(O)c1. The maximum Gasteiger partial charge on any atom is 0.165 e. The highest BCUT2D eigenvalue weighted by Crippen LogP contribution is 2.31. The lowest BCUT2D eigenvalue weighted by Gasteiger charge is -2.07. The zero-order valence-corrected chi connectivity index (χ0v) is 8.11. The second kappa shape index (κ2) is 3.57. The molecule has 0 bridgehead atoms. The van der Waals surface area contributed by atoms with Crippen LogP contribution in [0.1, 0.15) is 24.2 Å². The molecule has 0 saturated heterocycles. The summed E-state index contributed by atoms with van der Waals surface area (Å²) in [5.74, 6) is -0.865. The molecule has 14 heavy (non-hydrogen) atoms. The van der Waals surface area contributed by atoms with Crippen molar-refractivity contribution >= 4 is 11.5 Å². The van der Waals surface area contributed by atoms with E-state index in [1.54, 1.807) is 13.8 Å². The van der Waals surface area contributed by atoms with Gasteiger partial charge >= 0.3 is 0 Å². The summed E-state index contributed by atoms with van der Waals surface area (Å²) in [7, 11) is 0. The zero-order valence-electron chi connectivity index (χ0n) is 8.11. The second-order valence-corrected chi connectivity index (χ2v) is 3.45. The summed E-state index contributed by atoms with van der Waals surface area (Å²) in [6, 6.07) is 2.52. The van der Waals surface area contributed by atoms with Gasteiger partial charge in [0, 0.05) is 11.5 Å². The van der Waals surface area contributed by atoms with E-state index in [0.29, 0.717) is 0 Å². The maximum absolute atomic E-state index is 11.5. The number of rotatable bonds is 2. The van der Waals surface area contributed by atoms with Crippen molar-refractivity contribution < 1.29 is 15.0 Å². The molecule has 0 unspecified atom stereocenters. The maximum atomic E-state index is 11.5. The monoisotopic (exact) mass is 195 g/mol. The molecule has 4 heteroatoms. The Labute approximate surface area is 82.0 Å². The van der Waals surface area contributed by atoms with E-state index in [1.807, 2.05) is 0 Å². The molecular weight excluding hydrogens is 182 g/mol. The summed E-state index contributed by atoms with van der Waals surface area (Å²) in [5.41, 5.74) is 5.48. The van der Waals surface area contributed by atoms with Gasteiger partial charge in [-0.2, -0.15) is 0 Å². The molecule has 4 N–H and O–H groups in total. The summed E-state index contributed by atoms with van der Waals surface area (Å²) >= 11 is 0. The number of nitrogen functional groups attached to an aromatic ring is 1. The molecule has 0 spiro atoms. The van der Waals surface area contributed by atoms with Gasteiger partial charge in [0.25, 0.3) is 0 Å². The molecule has 0 saturated carbocycles. The lowest BCUT2D eigenvalue weighted by molar-refractivity contribution is 0.0938. The predicted octanol–water partition coefficient (Wildman–Crippen LogP) is 1.52. The molecule has 0 atom stereocenters. The molecule has 0 aliphatic rings. The molecule has 0 heterocycles. The fraction of sp³-hybridized carbons (Fsp3) is 0.300. The molecule has 1 rings (SSSR count). The van der Waals surface area contributed by atoms with Gasteiger partial charge in [-0.05, 0) is 12.1 Å². The highest BCUT2D eigenvalue weighted by atomic mass is 16.3. The van der Waals surface area contributed by atoms with Gasteiger partial charge in [-0.3, -0.25) is 4.79 Å². The first kappa shape index (κ1) is 10.4. The topological polar surface area (TPSA) is 83.5 Å². The first-order chi connectivity index (χ1) is 6.43. The number of hydrogen-bond donors (Lipinski definition) is 3. The molecular formula is C10H13NO3. The van der Waals surface area contributed by atoms with Crippen LogP contribution in [0.5, 0.6) is 11.5 Å². The van der Waals surface area contributed by atoms with Gasteiger partial charge in [-0.15, -0.1) is 0 Å². The first-order valence-electron chi connectivity index (χ1n) is 4.29. The van der Waals surface area contributed by atoms with Crippen LogP contribution in [0.2, 0.25) is 0 Å². The molecule has 1 aromatic carbocycles. The van der Waals surface area contributed by atoms with E-state index in [4.69, 9.17) is 5.73 Å². The van der Waals surface area contributed by atoms with Crippen molar-refractivity contribution in [2.75, 3.05) is 5.73 Å². The van der Waals surface area contributed by atoms with Crippen molar-refractivity contribution in [3.05, 3.63) is 17.7 Å². The van der Waals surface area contributed by atoms with E-state index in [1.165, 1.54) is 12.1 Å². The van der Waals surface area contributed by atoms with Gasteiger partial charge in [0.05, 0.1) is 0 Å². The molecule has 4 nitrogen and oxygen atoms in total. The van der Waals surface area contributed by atoms with Crippen LogP contribution >= 0.6 is 0 Å². The molecule has 0 aromatic heterocycles. The number of benzene rings is 1. The highest BCUT2D eigenvalue weighted by Gasteiger charge is 2.14. The smallest absolute Gasteiger partial charge is 0.165 e. The minimum atomic E-state index is -0.269. The van der Waals surface area contributed by atoms with Crippen LogP contribution in [0.15, 0.2) is 12.1 Å². The average molecular weight is 195 g/mol. The van der Waals surface area contributed by atoms with Gasteiger partial charge in [0.2, 0.25) is 0 Å². The number of hydrogen-bond acceptors (Lipinski definition) is 4. The van der Waals surface area contributed by atoms with Crippen LogP contribution in [-0.2, 0) is 0 Å². The number of phenolic OH excluding ortho intramolecular Hbond substituents is 2. The van der Waals surface area contributed by atoms with Gasteiger partial charge in [0.15, 0.2) is 5.78 Å². The summed E-state index contributed by atoms with van der Waals surface area (Å²) < 4.78 is 0. The van der Waals surface area contributed by atoms with E-state index >= 15 is 0 Å². The third-order valence-corrected chi connectivity index (χ3v) is 1.95. The van der Waals surface area contributed by atoms with E-state index < -0.39 is 0 Å². The largest absolute Gasteiger partial charge is 0.506 e. The van der Waals surface area contributed by atoms with Crippen LogP contribution < -0.4 is 5.73 Å². The quantitative estimate of drug-likeness (QED) is 0.379. The number of nitrogens with two attached hydrogens (primary N) is 1. The number of carbonyl (C=O) groups is 1. The Hall–Kier alpha value is -1.71. The third kappa shape index (κ3) is 1.79. The van der Waals surface area contributed by atoms with Gasteiger partial charge in [-0.25, -0.2) is 0 Å². The normalized spacial score (nSPS) is 10.5. The van der Waals surface area contributed by atoms with E-state index in [0.717, 1.165) is 0 Å². The Morgan fingerprint density at radius 2 is 1.71 bits per heavy atom. The van der Waals surface area contributed by atoms with E-state index in [2.05, 4.69) is 0 Å². The number of Topliss-reactive ketones (excluding diaryl/α,β-unsaturated/α-hetero) is 1. The Balaban J connectivity index is 3.19. The van der Waals surface area contributed by atoms with Crippen LogP contribution in [0.4, 0.5) is 5.69 Å². The molecule has 0 fully saturated rings. The first-order valence-corrected chi connectivity index (χ1v) is 4.29. The minimum absolute atomic E-state index is 0.106. The zero-order chi connectivity index (χ0) is 10.9. The molecule has 1 aromatic rings. The van der Waals surface area contributed by atoms with Crippen molar-refractivity contribution in [2.45, 2.75) is 13.8 Å². The van der Waals surface area contributed by atoms with Crippen LogP contribution in [-0.4, -0.2) is 16.0 Å². The Bertz CT molecular complexity index is 349. The number of anilines is 1. The number of phenols is 2. The Morgan fingerprint density at radius 1 is 1.29 bits per heavy atom. The fourth-order valence-corrected chi connectivity index (χ4v) is 1.10. The highest BCUT2D eigenvalue weighted by molar-refractivity contribution is 5.99. The van der Waals surface area contributed by atoms with Crippen LogP contribution in [0.3, 0.4) is 0 Å². The summed E-state index contributed by atoms with van der Waals surface area (Å²) in [5, 5.41) is 18.5. The molecule has 0 amide bonds. The number of ketones is 1. The summed E-state index contributed by atoms with van der Waals surface area (Å²) in [6.45, 7) is 3.49. The fourth-order valence-electron chi connectivity index (χ4n) is 1.10. The average Bonchev–Trinajstić information content (AvgIpc) is 2.12. The van der Waals surface area contributed by atoms with Crippen molar-refractivity contribution in [2.24, 2.45) is 5.92 Å². The van der Waals surface area contributed by atoms with Crippen LogP contribution in [0.25, 0.3) is 0 Å². The van der Waals surface area contributed by atoms with E-state index in [9.17, 15) is 15.0 Å². The lowest BCUT2D eigenvalue weighted by atomic mass is 10.0.